The molecular formula is C24H29N3O4. The highest BCUT2D eigenvalue weighted by Gasteiger charge is 2.61. The van der Waals surface area contributed by atoms with Gasteiger partial charge in [-0.25, -0.2) is 0 Å². The maximum atomic E-state index is 13.1. The van der Waals surface area contributed by atoms with Crippen molar-refractivity contribution < 1.29 is 19.2 Å². The molecule has 0 N–H and O–H groups in total. The van der Waals surface area contributed by atoms with Crippen LogP contribution in [0.5, 0.6) is 0 Å². The molecule has 8 atom stereocenters. The third-order valence-electron chi connectivity index (χ3n) is 8.63. The van der Waals surface area contributed by atoms with Crippen molar-refractivity contribution in [2.75, 3.05) is 19.9 Å². The van der Waals surface area contributed by atoms with Crippen LogP contribution in [0.3, 0.4) is 0 Å². The minimum Gasteiger partial charge on any atom is -0.274 e. The summed E-state index contributed by atoms with van der Waals surface area (Å²) in [7, 11) is 0. The van der Waals surface area contributed by atoms with E-state index in [-0.39, 0.29) is 84.3 Å². The van der Waals surface area contributed by atoms with Crippen molar-refractivity contribution in [2.24, 2.45) is 47.3 Å². The van der Waals surface area contributed by atoms with Gasteiger partial charge in [-0.05, 0) is 42.9 Å². The van der Waals surface area contributed by atoms with Crippen molar-refractivity contribution in [1.29, 1.82) is 0 Å². The van der Waals surface area contributed by atoms with Crippen molar-refractivity contribution in [3.63, 3.8) is 0 Å². The number of fused-ring (bicyclic) bond motifs is 10. The lowest BCUT2D eigenvalue weighted by Crippen LogP contribution is -2.49. The van der Waals surface area contributed by atoms with Gasteiger partial charge in [0.15, 0.2) is 0 Å². The molecule has 4 aliphatic carbocycles. The third-order valence-corrected chi connectivity index (χ3v) is 8.63. The summed E-state index contributed by atoms with van der Waals surface area (Å²) in [5.41, 5.74) is 0. The molecule has 7 heteroatoms. The van der Waals surface area contributed by atoms with E-state index in [1.165, 1.54) is 9.80 Å². The Morgan fingerprint density at radius 3 is 1.39 bits per heavy atom. The normalized spacial score (nSPS) is 41.6. The first-order valence-electron chi connectivity index (χ1n) is 11.8. The first-order chi connectivity index (χ1) is 15.0. The number of unbranched alkanes of at least 4 members (excludes halogenated alkanes) is 1. The van der Waals surface area contributed by atoms with Crippen LogP contribution >= 0.6 is 0 Å². The highest BCUT2D eigenvalue weighted by molar-refractivity contribution is 6.07. The fraction of sp³-hybridized carbons (Fsp3) is 0.667. The maximum absolute atomic E-state index is 13.1. The molecule has 6 rings (SSSR count). The molecule has 7 nitrogen and oxygen atoms in total. The Hall–Kier alpha value is -2.28. The summed E-state index contributed by atoms with van der Waals surface area (Å²) in [5.74, 6) is -0.434. The number of hydrogen-bond acceptors (Lipinski definition) is 5. The van der Waals surface area contributed by atoms with Crippen LogP contribution in [0.4, 0.5) is 0 Å². The Morgan fingerprint density at radius 2 is 1.06 bits per heavy atom. The molecule has 31 heavy (non-hydrogen) atoms. The number of amides is 4. The van der Waals surface area contributed by atoms with E-state index in [1.54, 1.807) is 0 Å². The van der Waals surface area contributed by atoms with Gasteiger partial charge in [-0.3, -0.25) is 33.9 Å². The van der Waals surface area contributed by atoms with Crippen LogP contribution < -0.4 is 0 Å². The monoisotopic (exact) mass is 423 g/mol. The molecule has 4 bridgehead atoms. The van der Waals surface area contributed by atoms with Gasteiger partial charge in [-0.2, -0.15) is 0 Å². The summed E-state index contributed by atoms with van der Waals surface area (Å²) in [6, 6.07) is 0. The summed E-state index contributed by atoms with van der Waals surface area (Å²) < 4.78 is 0. The molecule has 0 radical (unpaired) electrons. The van der Waals surface area contributed by atoms with Crippen LogP contribution in [0, 0.1) is 47.3 Å². The van der Waals surface area contributed by atoms with Crippen LogP contribution in [-0.4, -0.2) is 58.2 Å². The molecule has 164 valence electrons. The molecule has 0 aromatic carbocycles. The second-order valence-corrected chi connectivity index (χ2v) is 10.2. The van der Waals surface area contributed by atoms with Gasteiger partial charge in [0, 0.05) is 6.54 Å². The number of hydrogen-bond donors (Lipinski definition) is 0. The number of carbonyl (C=O) groups excluding carboxylic acids is 4. The second-order valence-electron chi connectivity index (χ2n) is 10.2. The average Bonchev–Trinajstić information content (AvgIpc) is 3.59. The summed E-state index contributed by atoms with van der Waals surface area (Å²) >= 11 is 0. The molecule has 6 aliphatic rings. The van der Waals surface area contributed by atoms with Crippen LogP contribution in [0.15, 0.2) is 24.3 Å². The summed E-state index contributed by atoms with van der Waals surface area (Å²) in [4.78, 5) is 57.2. The minimum atomic E-state index is -0.216. The molecule has 2 saturated heterocycles. The van der Waals surface area contributed by atoms with Crippen LogP contribution in [0.25, 0.3) is 0 Å². The highest BCUT2D eigenvalue weighted by Crippen LogP contribution is 2.53. The van der Waals surface area contributed by atoms with Crippen molar-refractivity contribution in [1.82, 2.24) is 14.7 Å². The zero-order valence-corrected chi connectivity index (χ0v) is 17.9. The van der Waals surface area contributed by atoms with Gasteiger partial charge in [0.1, 0.15) is 0 Å². The van der Waals surface area contributed by atoms with E-state index in [9.17, 15) is 19.2 Å². The molecule has 2 heterocycles. The molecule has 2 saturated carbocycles. The lowest BCUT2D eigenvalue weighted by Gasteiger charge is -2.31. The van der Waals surface area contributed by atoms with E-state index in [0.717, 1.165) is 25.7 Å². The Morgan fingerprint density at radius 1 is 0.710 bits per heavy atom. The molecule has 4 amide bonds. The molecular weight excluding hydrogens is 394 g/mol. The standard InChI is InChI=1S/C24H29N3O4/c1-2-3-8-25(11-26-21(28)17-13-4-5-14(9-13)18(17)22(26)29)12-27-23(30)19-15-6-7-16(10-15)20(19)24(27)31/h4-7,13-20H,2-3,8-12H2,1H3. The average molecular weight is 424 g/mol. The van der Waals surface area contributed by atoms with Gasteiger partial charge in [-0.1, -0.05) is 37.6 Å². The number of rotatable bonds is 7. The van der Waals surface area contributed by atoms with E-state index in [0.29, 0.717) is 6.54 Å². The van der Waals surface area contributed by atoms with Crippen molar-refractivity contribution >= 4 is 23.6 Å². The van der Waals surface area contributed by atoms with E-state index in [2.05, 4.69) is 31.2 Å². The van der Waals surface area contributed by atoms with Gasteiger partial charge in [-0.15, -0.1) is 0 Å². The number of nitrogens with zero attached hydrogens (tertiary/aromatic N) is 3. The molecule has 0 spiro atoms. The van der Waals surface area contributed by atoms with Crippen molar-refractivity contribution in [3.8, 4) is 0 Å². The van der Waals surface area contributed by atoms with Crippen LogP contribution in [-0.2, 0) is 19.2 Å². The fourth-order valence-electron chi connectivity index (χ4n) is 7.17. The van der Waals surface area contributed by atoms with E-state index < -0.39 is 0 Å². The molecule has 8 unspecified atom stereocenters. The number of likely N-dealkylation sites (tertiary alicyclic amines) is 2. The van der Waals surface area contributed by atoms with Crippen LogP contribution in [0.1, 0.15) is 32.6 Å². The lowest BCUT2D eigenvalue weighted by molar-refractivity contribution is -0.146. The Kier molecular flexibility index (Phi) is 4.29. The summed E-state index contributed by atoms with van der Waals surface area (Å²) in [5, 5.41) is 0. The topological polar surface area (TPSA) is 78.0 Å². The maximum Gasteiger partial charge on any atom is 0.234 e. The van der Waals surface area contributed by atoms with Gasteiger partial charge < -0.3 is 0 Å². The lowest BCUT2D eigenvalue weighted by atomic mass is 9.85. The highest BCUT2D eigenvalue weighted by atomic mass is 16.2. The zero-order chi connectivity index (χ0) is 21.4. The second kappa shape index (κ2) is 6.86. The molecule has 4 fully saturated rings. The number of imide groups is 2. The quantitative estimate of drug-likeness (QED) is 0.459. The summed E-state index contributed by atoms with van der Waals surface area (Å²) in [6.45, 7) is 3.06. The van der Waals surface area contributed by atoms with Gasteiger partial charge in [0.25, 0.3) is 0 Å². The minimum absolute atomic E-state index is 0.0773. The molecule has 2 aliphatic heterocycles. The number of carbonyl (C=O) groups is 4. The zero-order valence-electron chi connectivity index (χ0n) is 17.9. The van der Waals surface area contributed by atoms with E-state index in [4.69, 9.17) is 0 Å². The summed E-state index contributed by atoms with van der Waals surface area (Å²) in [6.07, 6.45) is 12.0. The fourth-order valence-corrected chi connectivity index (χ4v) is 7.17. The first kappa shape index (κ1) is 19.4. The van der Waals surface area contributed by atoms with E-state index in [1.807, 2.05) is 4.90 Å². The Labute approximate surface area is 182 Å². The third kappa shape index (κ3) is 2.62. The van der Waals surface area contributed by atoms with Gasteiger partial charge in [0.05, 0.1) is 37.0 Å². The SMILES string of the molecule is CCCCN(CN1C(=O)C2C3C=CC(C3)C2C1=O)CN1C(=O)C2C3C=CC(C3)C2C1=O. The van der Waals surface area contributed by atoms with Gasteiger partial charge in [0.2, 0.25) is 23.6 Å². The van der Waals surface area contributed by atoms with E-state index >= 15 is 0 Å². The molecule has 0 aromatic heterocycles. The smallest absolute Gasteiger partial charge is 0.234 e. The van der Waals surface area contributed by atoms with Gasteiger partial charge >= 0.3 is 0 Å². The van der Waals surface area contributed by atoms with Crippen molar-refractivity contribution in [3.05, 3.63) is 24.3 Å². The largest absolute Gasteiger partial charge is 0.274 e. The first-order valence-corrected chi connectivity index (χ1v) is 11.8. The van der Waals surface area contributed by atoms with Crippen LogP contribution in [0.2, 0.25) is 0 Å². The Balaban J connectivity index is 1.19. The number of allylic oxidation sites excluding steroid dienone is 4. The predicted molar refractivity (Wildman–Crippen MR) is 110 cm³/mol. The van der Waals surface area contributed by atoms with Crippen molar-refractivity contribution in [2.45, 2.75) is 32.6 Å². The Bertz CT molecular complexity index is 796. The predicted octanol–water partition coefficient (Wildman–Crippen LogP) is 1.62. The molecule has 0 aromatic rings.